The lowest BCUT2D eigenvalue weighted by molar-refractivity contribution is 0.560. The van der Waals surface area contributed by atoms with Gasteiger partial charge in [0.2, 0.25) is 0 Å². The zero-order valence-electron chi connectivity index (χ0n) is 11.9. The van der Waals surface area contributed by atoms with Crippen molar-refractivity contribution in [1.82, 2.24) is 14.5 Å². The second-order valence-corrected chi connectivity index (χ2v) is 5.56. The molecule has 2 heterocycles. The van der Waals surface area contributed by atoms with Crippen molar-refractivity contribution in [3.05, 3.63) is 22.6 Å². The molecule has 0 bridgehead atoms. The van der Waals surface area contributed by atoms with Crippen molar-refractivity contribution in [2.24, 2.45) is 0 Å². The third-order valence-corrected chi connectivity index (χ3v) is 3.81. The molecule has 0 aliphatic carbocycles. The fourth-order valence-corrected chi connectivity index (χ4v) is 2.67. The SMILES string of the molecule is CCCCCCCCn1c(=S)[nH]c2ccc(C)nc21. The number of rotatable bonds is 7. The van der Waals surface area contributed by atoms with Crippen LogP contribution < -0.4 is 0 Å². The average molecular weight is 277 g/mol. The molecule has 104 valence electrons. The predicted octanol–water partition coefficient (Wildman–Crippen LogP) is 4.76. The molecular formula is C15H23N3S. The number of hydrogen-bond donors (Lipinski definition) is 1. The highest BCUT2D eigenvalue weighted by Gasteiger charge is 2.05. The van der Waals surface area contributed by atoms with E-state index < -0.39 is 0 Å². The minimum absolute atomic E-state index is 0.793. The number of aromatic amines is 1. The van der Waals surface area contributed by atoms with Crippen LogP contribution in [0.2, 0.25) is 0 Å². The van der Waals surface area contributed by atoms with Gasteiger partial charge in [-0.05, 0) is 37.7 Å². The molecule has 1 N–H and O–H groups in total. The predicted molar refractivity (Wildman–Crippen MR) is 83.0 cm³/mol. The topological polar surface area (TPSA) is 33.6 Å². The summed E-state index contributed by atoms with van der Waals surface area (Å²) < 4.78 is 2.93. The molecule has 0 aromatic carbocycles. The number of pyridine rings is 1. The lowest BCUT2D eigenvalue weighted by Gasteiger charge is -2.04. The number of aryl methyl sites for hydroxylation is 2. The molecule has 0 amide bonds. The van der Waals surface area contributed by atoms with Gasteiger partial charge < -0.3 is 9.55 Å². The number of unbranched alkanes of at least 4 members (excludes halogenated alkanes) is 5. The molecule has 0 saturated heterocycles. The minimum atomic E-state index is 0.793. The van der Waals surface area contributed by atoms with Crippen LogP contribution in [-0.4, -0.2) is 14.5 Å². The quantitative estimate of drug-likeness (QED) is 0.584. The molecule has 0 radical (unpaired) electrons. The first-order valence-electron chi connectivity index (χ1n) is 7.28. The second kappa shape index (κ2) is 6.85. The fraction of sp³-hybridized carbons (Fsp3) is 0.600. The van der Waals surface area contributed by atoms with E-state index in [0.717, 1.165) is 28.2 Å². The molecule has 0 aliphatic heterocycles. The third-order valence-electron chi connectivity index (χ3n) is 3.49. The van der Waals surface area contributed by atoms with Crippen molar-refractivity contribution in [1.29, 1.82) is 0 Å². The molecule has 0 spiro atoms. The van der Waals surface area contributed by atoms with Gasteiger partial charge in [0.15, 0.2) is 10.4 Å². The summed E-state index contributed by atoms with van der Waals surface area (Å²) in [6.45, 7) is 5.24. The van der Waals surface area contributed by atoms with E-state index in [4.69, 9.17) is 12.2 Å². The highest BCUT2D eigenvalue weighted by Crippen LogP contribution is 2.14. The number of fused-ring (bicyclic) bond motifs is 1. The van der Waals surface area contributed by atoms with E-state index in [-0.39, 0.29) is 0 Å². The van der Waals surface area contributed by atoms with Gasteiger partial charge in [-0.3, -0.25) is 0 Å². The summed E-state index contributed by atoms with van der Waals surface area (Å²) in [5.74, 6) is 0. The molecule has 0 aliphatic rings. The van der Waals surface area contributed by atoms with Gasteiger partial charge in [0, 0.05) is 12.2 Å². The van der Waals surface area contributed by atoms with Gasteiger partial charge in [-0.1, -0.05) is 39.0 Å². The smallest absolute Gasteiger partial charge is 0.179 e. The Morgan fingerprint density at radius 1 is 1.16 bits per heavy atom. The first-order chi connectivity index (χ1) is 9.22. The number of imidazole rings is 1. The fourth-order valence-electron chi connectivity index (χ4n) is 2.38. The Morgan fingerprint density at radius 3 is 2.68 bits per heavy atom. The molecule has 0 fully saturated rings. The summed E-state index contributed by atoms with van der Waals surface area (Å²) in [6, 6.07) is 4.08. The highest BCUT2D eigenvalue weighted by molar-refractivity contribution is 7.71. The number of nitrogens with one attached hydrogen (secondary N) is 1. The van der Waals surface area contributed by atoms with E-state index in [1.807, 2.05) is 13.0 Å². The first-order valence-corrected chi connectivity index (χ1v) is 7.69. The molecule has 0 saturated carbocycles. The summed E-state index contributed by atoms with van der Waals surface area (Å²) in [5, 5.41) is 0. The lowest BCUT2D eigenvalue weighted by Crippen LogP contribution is -2.00. The van der Waals surface area contributed by atoms with Crippen LogP contribution in [0.4, 0.5) is 0 Å². The number of nitrogens with zero attached hydrogens (tertiary/aromatic N) is 2. The summed E-state index contributed by atoms with van der Waals surface area (Å²) in [4.78, 5) is 7.82. The molecule has 2 rings (SSSR count). The Balaban J connectivity index is 1.98. The molecule has 0 atom stereocenters. The van der Waals surface area contributed by atoms with Gasteiger partial charge >= 0.3 is 0 Å². The van der Waals surface area contributed by atoms with Gasteiger partial charge in [-0.25, -0.2) is 4.98 Å². The van der Waals surface area contributed by atoms with Crippen LogP contribution in [0.1, 0.15) is 51.1 Å². The normalized spacial score (nSPS) is 11.3. The van der Waals surface area contributed by atoms with Crippen LogP contribution in [0, 0.1) is 11.7 Å². The van der Waals surface area contributed by atoms with Crippen LogP contribution in [-0.2, 0) is 6.54 Å². The zero-order valence-corrected chi connectivity index (χ0v) is 12.7. The largest absolute Gasteiger partial charge is 0.329 e. The maximum atomic E-state index is 5.38. The molecular weight excluding hydrogens is 254 g/mol. The Labute approximate surface area is 120 Å². The second-order valence-electron chi connectivity index (χ2n) is 5.17. The van der Waals surface area contributed by atoms with Gasteiger partial charge in [0.05, 0.1) is 5.52 Å². The van der Waals surface area contributed by atoms with Gasteiger partial charge in [-0.2, -0.15) is 0 Å². The van der Waals surface area contributed by atoms with Crippen LogP contribution in [0.5, 0.6) is 0 Å². The van der Waals surface area contributed by atoms with Crippen molar-refractivity contribution in [2.45, 2.75) is 58.9 Å². The number of aromatic nitrogens is 3. The van der Waals surface area contributed by atoms with E-state index in [1.54, 1.807) is 0 Å². The lowest BCUT2D eigenvalue weighted by atomic mass is 10.1. The molecule has 2 aromatic heterocycles. The van der Waals surface area contributed by atoms with E-state index in [1.165, 1.54) is 38.5 Å². The monoisotopic (exact) mass is 277 g/mol. The van der Waals surface area contributed by atoms with Crippen molar-refractivity contribution in [3.8, 4) is 0 Å². The van der Waals surface area contributed by atoms with Crippen LogP contribution in [0.3, 0.4) is 0 Å². The Morgan fingerprint density at radius 2 is 1.89 bits per heavy atom. The standard InChI is InChI=1S/C15H23N3S/c1-3-4-5-6-7-8-11-18-14-13(17-15(18)19)10-9-12(2)16-14/h9-10H,3-8,11H2,1-2H3,(H,17,19). The van der Waals surface area contributed by atoms with E-state index >= 15 is 0 Å². The van der Waals surface area contributed by atoms with Crippen LogP contribution in [0.15, 0.2) is 12.1 Å². The number of hydrogen-bond acceptors (Lipinski definition) is 2. The van der Waals surface area contributed by atoms with Gasteiger partial charge in [0.25, 0.3) is 0 Å². The molecule has 3 nitrogen and oxygen atoms in total. The van der Waals surface area contributed by atoms with Crippen LogP contribution >= 0.6 is 12.2 Å². The molecule has 19 heavy (non-hydrogen) atoms. The van der Waals surface area contributed by atoms with Crippen molar-refractivity contribution in [2.75, 3.05) is 0 Å². The maximum absolute atomic E-state index is 5.38. The zero-order chi connectivity index (χ0) is 13.7. The molecule has 2 aromatic rings. The van der Waals surface area contributed by atoms with Crippen molar-refractivity contribution in [3.63, 3.8) is 0 Å². The Bertz CT molecular complexity index is 583. The maximum Gasteiger partial charge on any atom is 0.179 e. The minimum Gasteiger partial charge on any atom is -0.329 e. The summed E-state index contributed by atoms with van der Waals surface area (Å²) in [5.41, 5.74) is 3.08. The summed E-state index contributed by atoms with van der Waals surface area (Å²) in [7, 11) is 0. The third kappa shape index (κ3) is 3.66. The van der Waals surface area contributed by atoms with Crippen molar-refractivity contribution < 1.29 is 0 Å². The highest BCUT2D eigenvalue weighted by atomic mass is 32.1. The molecule has 0 unspecified atom stereocenters. The summed E-state index contributed by atoms with van der Waals surface area (Å²) in [6.07, 6.45) is 7.80. The average Bonchev–Trinajstić information content (AvgIpc) is 2.69. The Kier molecular flexibility index (Phi) is 5.14. The van der Waals surface area contributed by atoms with Gasteiger partial charge in [-0.15, -0.1) is 0 Å². The first kappa shape index (κ1) is 14.3. The Hall–Kier alpha value is -1.16. The van der Waals surface area contributed by atoms with E-state index in [9.17, 15) is 0 Å². The van der Waals surface area contributed by atoms with E-state index in [0.29, 0.717) is 0 Å². The molecule has 4 heteroatoms. The number of H-pyrrole nitrogens is 1. The van der Waals surface area contributed by atoms with Gasteiger partial charge in [0.1, 0.15) is 0 Å². The summed E-state index contributed by atoms with van der Waals surface area (Å²) >= 11 is 5.38. The van der Waals surface area contributed by atoms with E-state index in [2.05, 4.69) is 27.5 Å². The van der Waals surface area contributed by atoms with Crippen LogP contribution in [0.25, 0.3) is 11.2 Å². The van der Waals surface area contributed by atoms with Crippen molar-refractivity contribution >= 4 is 23.4 Å².